The molecule has 0 aliphatic rings. The lowest BCUT2D eigenvalue weighted by Crippen LogP contribution is -2.34. The lowest BCUT2D eigenvalue weighted by atomic mass is 10.1. The van der Waals surface area contributed by atoms with Gasteiger partial charge in [-0.3, -0.25) is 9.59 Å². The molecule has 0 atom stereocenters. The molecule has 0 bridgehead atoms. The van der Waals surface area contributed by atoms with Crippen molar-refractivity contribution >= 4 is 17.5 Å². The Hall–Kier alpha value is -3.02. The molecule has 0 aliphatic carbocycles. The summed E-state index contributed by atoms with van der Waals surface area (Å²) in [4.78, 5) is 24.3. The number of rotatable bonds is 7. The highest BCUT2D eigenvalue weighted by molar-refractivity contribution is 5.96. The Morgan fingerprint density at radius 2 is 1.65 bits per heavy atom. The van der Waals surface area contributed by atoms with Crippen molar-refractivity contribution in [3.05, 3.63) is 53.1 Å². The van der Waals surface area contributed by atoms with Crippen LogP contribution in [-0.2, 0) is 16.0 Å². The number of nitrogens with one attached hydrogen (secondary N) is 2. The second kappa shape index (κ2) is 8.89. The number of anilines is 1. The number of benzene rings is 2. The van der Waals surface area contributed by atoms with Crippen LogP contribution < -0.4 is 20.1 Å². The Balaban J connectivity index is 1.93. The highest BCUT2D eigenvalue weighted by Gasteiger charge is 2.12. The Morgan fingerprint density at radius 1 is 0.962 bits per heavy atom. The molecular formula is C20H24N2O4. The molecule has 2 N–H and O–H groups in total. The summed E-state index contributed by atoms with van der Waals surface area (Å²) in [6.07, 6.45) is 0.0943. The van der Waals surface area contributed by atoms with E-state index in [0.717, 1.165) is 16.8 Å². The molecule has 2 rings (SSSR count). The second-order valence-electron chi connectivity index (χ2n) is 5.95. The second-order valence-corrected chi connectivity index (χ2v) is 5.95. The third-order valence-corrected chi connectivity index (χ3v) is 4.03. The molecule has 0 radical (unpaired) electrons. The van der Waals surface area contributed by atoms with E-state index in [-0.39, 0.29) is 24.8 Å². The molecule has 2 aromatic rings. The minimum absolute atomic E-state index is 0.0943. The largest absolute Gasteiger partial charge is 0.497 e. The highest BCUT2D eigenvalue weighted by atomic mass is 16.5. The Labute approximate surface area is 153 Å². The molecule has 2 amide bonds. The fourth-order valence-corrected chi connectivity index (χ4v) is 2.63. The molecule has 0 saturated heterocycles. The maximum Gasteiger partial charge on any atom is 0.243 e. The maximum atomic E-state index is 12.2. The predicted octanol–water partition coefficient (Wildman–Crippen LogP) is 2.62. The summed E-state index contributed by atoms with van der Waals surface area (Å²) < 4.78 is 10.4. The molecule has 6 nitrogen and oxygen atoms in total. The van der Waals surface area contributed by atoms with Crippen molar-refractivity contribution in [2.45, 2.75) is 20.3 Å². The van der Waals surface area contributed by atoms with Gasteiger partial charge in [0.05, 0.1) is 27.2 Å². The first-order valence-corrected chi connectivity index (χ1v) is 8.28. The van der Waals surface area contributed by atoms with Crippen LogP contribution in [0.25, 0.3) is 0 Å². The lowest BCUT2D eigenvalue weighted by molar-refractivity contribution is -0.123. The molecular weight excluding hydrogens is 332 g/mol. The topological polar surface area (TPSA) is 76.7 Å². The van der Waals surface area contributed by atoms with Crippen LogP contribution in [0.15, 0.2) is 36.4 Å². The van der Waals surface area contributed by atoms with Gasteiger partial charge in [-0.1, -0.05) is 18.2 Å². The van der Waals surface area contributed by atoms with Crippen LogP contribution in [0.3, 0.4) is 0 Å². The van der Waals surface area contributed by atoms with Gasteiger partial charge in [0.25, 0.3) is 0 Å². The van der Waals surface area contributed by atoms with Crippen molar-refractivity contribution in [2.24, 2.45) is 0 Å². The summed E-state index contributed by atoms with van der Waals surface area (Å²) >= 11 is 0. The van der Waals surface area contributed by atoms with Crippen molar-refractivity contribution in [1.82, 2.24) is 5.32 Å². The molecule has 0 aromatic heterocycles. The van der Waals surface area contributed by atoms with Crippen LogP contribution in [0.1, 0.15) is 16.7 Å². The van der Waals surface area contributed by atoms with E-state index in [2.05, 4.69) is 10.6 Å². The molecule has 26 heavy (non-hydrogen) atoms. The van der Waals surface area contributed by atoms with Gasteiger partial charge in [0.2, 0.25) is 11.8 Å². The van der Waals surface area contributed by atoms with E-state index in [1.54, 1.807) is 32.4 Å². The fourth-order valence-electron chi connectivity index (χ4n) is 2.63. The monoisotopic (exact) mass is 356 g/mol. The maximum absolute atomic E-state index is 12.2. The molecule has 6 heteroatoms. The standard InChI is InChI=1S/C20H24N2O4/c1-13-6-5-7-14(2)20(13)22-19(24)12-21-18(23)11-15-10-16(25-3)8-9-17(15)26-4/h5-10H,11-12H2,1-4H3,(H,21,23)(H,22,24). The summed E-state index contributed by atoms with van der Waals surface area (Å²) in [6, 6.07) is 11.0. The average molecular weight is 356 g/mol. The molecule has 0 fully saturated rings. The van der Waals surface area contributed by atoms with Crippen LogP contribution in [0.5, 0.6) is 11.5 Å². The summed E-state index contributed by atoms with van der Waals surface area (Å²) in [7, 11) is 3.10. The van der Waals surface area contributed by atoms with Crippen molar-refractivity contribution in [2.75, 3.05) is 26.1 Å². The van der Waals surface area contributed by atoms with Crippen molar-refractivity contribution in [1.29, 1.82) is 0 Å². The third-order valence-electron chi connectivity index (χ3n) is 4.03. The van der Waals surface area contributed by atoms with Crippen LogP contribution in [0.2, 0.25) is 0 Å². The lowest BCUT2D eigenvalue weighted by Gasteiger charge is -2.13. The predicted molar refractivity (Wildman–Crippen MR) is 101 cm³/mol. The molecule has 2 aromatic carbocycles. The van der Waals surface area contributed by atoms with Crippen LogP contribution in [-0.4, -0.2) is 32.6 Å². The highest BCUT2D eigenvalue weighted by Crippen LogP contribution is 2.24. The number of ether oxygens (including phenoxy) is 2. The van der Waals surface area contributed by atoms with Gasteiger partial charge in [0.15, 0.2) is 0 Å². The summed E-state index contributed by atoms with van der Waals surface area (Å²) in [5.74, 6) is 0.698. The van der Waals surface area contributed by atoms with E-state index in [4.69, 9.17) is 9.47 Å². The molecule has 0 aliphatic heterocycles. The molecule has 138 valence electrons. The number of hydrogen-bond acceptors (Lipinski definition) is 4. The smallest absolute Gasteiger partial charge is 0.243 e. The number of amides is 2. The van der Waals surface area contributed by atoms with Crippen LogP contribution in [0.4, 0.5) is 5.69 Å². The zero-order valence-corrected chi connectivity index (χ0v) is 15.5. The van der Waals surface area contributed by atoms with Gasteiger partial charge in [-0.2, -0.15) is 0 Å². The average Bonchev–Trinajstić information content (AvgIpc) is 2.63. The number of aryl methyl sites for hydroxylation is 2. The van der Waals surface area contributed by atoms with E-state index < -0.39 is 0 Å². The van der Waals surface area contributed by atoms with Crippen LogP contribution >= 0.6 is 0 Å². The SMILES string of the molecule is COc1ccc(OC)c(CC(=O)NCC(=O)Nc2c(C)cccc2C)c1. The van der Waals surface area contributed by atoms with Crippen molar-refractivity contribution < 1.29 is 19.1 Å². The quantitative estimate of drug-likeness (QED) is 0.800. The van der Waals surface area contributed by atoms with Gasteiger partial charge in [-0.05, 0) is 43.2 Å². The van der Waals surface area contributed by atoms with Gasteiger partial charge >= 0.3 is 0 Å². The van der Waals surface area contributed by atoms with E-state index in [1.807, 2.05) is 32.0 Å². The van der Waals surface area contributed by atoms with Gasteiger partial charge in [-0.25, -0.2) is 0 Å². The van der Waals surface area contributed by atoms with Crippen molar-refractivity contribution in [3.63, 3.8) is 0 Å². The number of para-hydroxylation sites is 1. The molecule has 0 saturated carbocycles. The minimum atomic E-state index is -0.270. The minimum Gasteiger partial charge on any atom is -0.497 e. The Kier molecular flexibility index (Phi) is 6.60. The van der Waals surface area contributed by atoms with Gasteiger partial charge < -0.3 is 20.1 Å². The summed E-state index contributed by atoms with van der Waals surface area (Å²) in [6.45, 7) is 3.76. The first kappa shape index (κ1) is 19.3. The zero-order chi connectivity index (χ0) is 19.1. The van der Waals surface area contributed by atoms with E-state index >= 15 is 0 Å². The molecule has 0 unspecified atom stereocenters. The number of carbonyl (C=O) groups excluding carboxylic acids is 2. The van der Waals surface area contributed by atoms with Gasteiger partial charge in [0.1, 0.15) is 11.5 Å². The number of carbonyl (C=O) groups is 2. The third kappa shape index (κ3) is 4.99. The first-order chi connectivity index (χ1) is 12.4. The molecule has 0 heterocycles. The Morgan fingerprint density at radius 3 is 2.27 bits per heavy atom. The van der Waals surface area contributed by atoms with Gasteiger partial charge in [-0.15, -0.1) is 0 Å². The zero-order valence-electron chi connectivity index (χ0n) is 15.5. The van der Waals surface area contributed by atoms with Gasteiger partial charge in [0, 0.05) is 11.3 Å². The van der Waals surface area contributed by atoms with E-state index in [9.17, 15) is 9.59 Å². The van der Waals surface area contributed by atoms with E-state index in [1.165, 1.54) is 0 Å². The first-order valence-electron chi connectivity index (χ1n) is 8.28. The molecule has 0 spiro atoms. The number of hydrogen-bond donors (Lipinski definition) is 2. The normalized spacial score (nSPS) is 10.2. The Bertz CT molecular complexity index is 782. The number of methoxy groups -OCH3 is 2. The fraction of sp³-hybridized carbons (Fsp3) is 0.300. The van der Waals surface area contributed by atoms with Crippen molar-refractivity contribution in [3.8, 4) is 11.5 Å². The summed E-state index contributed by atoms with van der Waals surface area (Å²) in [5, 5.41) is 5.47. The van der Waals surface area contributed by atoms with E-state index in [0.29, 0.717) is 17.1 Å². The summed E-state index contributed by atoms with van der Waals surface area (Å²) in [5.41, 5.74) is 3.43. The van der Waals surface area contributed by atoms with Crippen LogP contribution in [0, 0.1) is 13.8 Å².